The number of benzene rings is 3. The maximum atomic E-state index is 14.3. The Kier molecular flexibility index (Phi) is 4.06. The largest absolute Gasteiger partial charge is 0.399 e. The van der Waals surface area contributed by atoms with E-state index in [1.165, 1.54) is 12.1 Å². The van der Waals surface area contributed by atoms with Crippen LogP contribution < -0.4 is 5.73 Å². The van der Waals surface area contributed by atoms with Gasteiger partial charge in [0.05, 0.1) is 17.2 Å². The maximum absolute atomic E-state index is 14.3. The molecule has 0 spiro atoms. The molecular weight excluding hydrogens is 386 g/mol. The highest BCUT2D eigenvalue weighted by Gasteiger charge is 2.12. The van der Waals surface area contributed by atoms with E-state index in [-0.39, 0.29) is 5.56 Å². The number of rotatable bonds is 3. The number of nitrogens with two attached hydrogens (primary N) is 1. The first-order chi connectivity index (χ1) is 14.5. The number of imidazole rings is 1. The van der Waals surface area contributed by atoms with Crippen LogP contribution in [0.4, 0.5) is 14.5 Å². The minimum absolute atomic E-state index is 0.277. The van der Waals surface area contributed by atoms with Crippen molar-refractivity contribution in [3.8, 4) is 28.1 Å². The molecule has 5 rings (SSSR count). The quantitative estimate of drug-likeness (QED) is 0.456. The molecule has 0 aliphatic rings. The number of aryl methyl sites for hydroxylation is 1. The lowest BCUT2D eigenvalue weighted by atomic mass is 10.0. The van der Waals surface area contributed by atoms with Gasteiger partial charge in [-0.1, -0.05) is 11.3 Å². The SMILES string of the molecule is Cn1cc(-c2ccc3c(c2)ncn3-c2cc(N)cc(-c3ccc(F)cc3F)c2)nn1. The van der Waals surface area contributed by atoms with E-state index in [0.717, 1.165) is 34.0 Å². The molecule has 0 amide bonds. The fourth-order valence-electron chi connectivity index (χ4n) is 3.51. The highest BCUT2D eigenvalue weighted by Crippen LogP contribution is 2.30. The summed E-state index contributed by atoms with van der Waals surface area (Å²) >= 11 is 0. The molecule has 3 aromatic carbocycles. The first-order valence-corrected chi connectivity index (χ1v) is 9.18. The van der Waals surface area contributed by atoms with Gasteiger partial charge in [-0.3, -0.25) is 9.25 Å². The molecular formula is C22H16F2N6. The number of fused-ring (bicyclic) bond motifs is 1. The van der Waals surface area contributed by atoms with Crippen LogP contribution in [-0.2, 0) is 7.05 Å². The first-order valence-electron chi connectivity index (χ1n) is 9.18. The molecule has 0 fully saturated rings. The van der Waals surface area contributed by atoms with Crippen LogP contribution in [0.25, 0.3) is 39.1 Å². The summed E-state index contributed by atoms with van der Waals surface area (Å²) in [6.45, 7) is 0. The molecule has 6 nitrogen and oxygen atoms in total. The van der Waals surface area contributed by atoms with Gasteiger partial charge in [0.2, 0.25) is 0 Å². The van der Waals surface area contributed by atoms with E-state index >= 15 is 0 Å². The Morgan fingerprint density at radius 3 is 2.57 bits per heavy atom. The molecule has 2 aromatic heterocycles. The van der Waals surface area contributed by atoms with Crippen LogP contribution in [0.15, 0.2) is 67.1 Å². The number of aromatic nitrogens is 5. The Morgan fingerprint density at radius 1 is 0.933 bits per heavy atom. The van der Waals surface area contributed by atoms with Gasteiger partial charge in [-0.2, -0.15) is 0 Å². The average Bonchev–Trinajstić information content (AvgIpc) is 3.33. The van der Waals surface area contributed by atoms with Crippen molar-refractivity contribution in [1.29, 1.82) is 0 Å². The second kappa shape index (κ2) is 6.77. The summed E-state index contributed by atoms with van der Waals surface area (Å²) in [6, 6.07) is 14.5. The van der Waals surface area contributed by atoms with Crippen molar-refractivity contribution in [3.63, 3.8) is 0 Å². The minimum atomic E-state index is -0.643. The van der Waals surface area contributed by atoms with E-state index in [0.29, 0.717) is 11.3 Å². The second-order valence-corrected chi connectivity index (χ2v) is 7.03. The van der Waals surface area contributed by atoms with E-state index in [1.54, 1.807) is 29.2 Å². The highest BCUT2D eigenvalue weighted by molar-refractivity contribution is 5.83. The molecule has 148 valence electrons. The molecule has 0 aliphatic carbocycles. The van der Waals surface area contributed by atoms with Crippen LogP contribution in [0.2, 0.25) is 0 Å². The Labute approximate surface area is 170 Å². The van der Waals surface area contributed by atoms with Gasteiger partial charge in [-0.25, -0.2) is 13.8 Å². The Balaban J connectivity index is 1.61. The van der Waals surface area contributed by atoms with Crippen LogP contribution in [0, 0.1) is 11.6 Å². The van der Waals surface area contributed by atoms with Crippen molar-refractivity contribution < 1.29 is 8.78 Å². The van der Waals surface area contributed by atoms with Crippen molar-refractivity contribution in [3.05, 3.63) is 78.8 Å². The normalized spacial score (nSPS) is 11.3. The van der Waals surface area contributed by atoms with Gasteiger partial charge < -0.3 is 5.73 Å². The zero-order chi connectivity index (χ0) is 20.8. The standard InChI is InChI=1S/C22H16F2N6/c1-29-11-21(27-28-29)13-2-5-22-20(8-13)26-12-30(22)17-7-14(6-16(25)10-17)18-4-3-15(23)9-19(18)24/h2-12H,25H2,1H3. The summed E-state index contributed by atoms with van der Waals surface area (Å²) < 4.78 is 31.1. The molecule has 5 aromatic rings. The van der Waals surface area contributed by atoms with Crippen molar-refractivity contribution in [2.45, 2.75) is 0 Å². The van der Waals surface area contributed by atoms with Crippen molar-refractivity contribution in [2.24, 2.45) is 7.05 Å². The topological polar surface area (TPSA) is 74.5 Å². The summed E-state index contributed by atoms with van der Waals surface area (Å²) in [4.78, 5) is 4.49. The molecule has 0 unspecified atom stereocenters. The monoisotopic (exact) mass is 402 g/mol. The molecule has 8 heteroatoms. The van der Waals surface area contributed by atoms with Crippen LogP contribution in [-0.4, -0.2) is 24.5 Å². The molecule has 2 N–H and O–H groups in total. The third kappa shape index (κ3) is 3.08. The van der Waals surface area contributed by atoms with E-state index in [2.05, 4.69) is 15.3 Å². The molecule has 2 heterocycles. The molecule has 0 atom stereocenters. The molecule has 0 aliphatic heterocycles. The molecule has 0 radical (unpaired) electrons. The number of hydrogen-bond acceptors (Lipinski definition) is 4. The lowest BCUT2D eigenvalue weighted by Crippen LogP contribution is -1.97. The van der Waals surface area contributed by atoms with E-state index in [1.807, 2.05) is 36.0 Å². The highest BCUT2D eigenvalue weighted by atomic mass is 19.1. The molecule has 0 bridgehead atoms. The lowest BCUT2D eigenvalue weighted by Gasteiger charge is -2.10. The summed E-state index contributed by atoms with van der Waals surface area (Å²) in [7, 11) is 1.81. The summed E-state index contributed by atoms with van der Waals surface area (Å²) in [5.74, 6) is -1.27. The Bertz CT molecular complexity index is 1400. The van der Waals surface area contributed by atoms with E-state index in [4.69, 9.17) is 5.73 Å². The number of halogens is 2. The predicted molar refractivity (Wildman–Crippen MR) is 111 cm³/mol. The van der Waals surface area contributed by atoms with Gasteiger partial charge in [0.1, 0.15) is 23.7 Å². The van der Waals surface area contributed by atoms with Crippen LogP contribution in [0.1, 0.15) is 0 Å². The summed E-state index contributed by atoms with van der Waals surface area (Å²) in [5.41, 5.74) is 11.4. The third-order valence-electron chi connectivity index (χ3n) is 4.91. The van der Waals surface area contributed by atoms with Crippen molar-refractivity contribution in [1.82, 2.24) is 24.5 Å². The van der Waals surface area contributed by atoms with Crippen molar-refractivity contribution in [2.75, 3.05) is 5.73 Å². The van der Waals surface area contributed by atoms with Gasteiger partial charge in [0.15, 0.2) is 0 Å². The van der Waals surface area contributed by atoms with Gasteiger partial charge in [0.25, 0.3) is 0 Å². The maximum Gasteiger partial charge on any atom is 0.133 e. The Hall–Kier alpha value is -4.07. The average molecular weight is 402 g/mol. The molecule has 30 heavy (non-hydrogen) atoms. The van der Waals surface area contributed by atoms with Gasteiger partial charge in [-0.05, 0) is 48.0 Å². The second-order valence-electron chi connectivity index (χ2n) is 7.03. The van der Waals surface area contributed by atoms with Crippen molar-refractivity contribution >= 4 is 16.7 Å². The molecule has 0 saturated heterocycles. The van der Waals surface area contributed by atoms with E-state index < -0.39 is 11.6 Å². The summed E-state index contributed by atoms with van der Waals surface area (Å²) in [6.07, 6.45) is 3.52. The van der Waals surface area contributed by atoms with Crippen LogP contribution in [0.5, 0.6) is 0 Å². The van der Waals surface area contributed by atoms with E-state index in [9.17, 15) is 8.78 Å². The number of nitrogen functional groups attached to an aromatic ring is 1. The minimum Gasteiger partial charge on any atom is -0.399 e. The van der Waals surface area contributed by atoms with Crippen LogP contribution >= 0.6 is 0 Å². The Morgan fingerprint density at radius 2 is 1.80 bits per heavy atom. The third-order valence-corrected chi connectivity index (χ3v) is 4.91. The predicted octanol–water partition coefficient (Wildman–Crippen LogP) is 4.35. The smallest absolute Gasteiger partial charge is 0.133 e. The fraction of sp³-hybridized carbons (Fsp3) is 0.0455. The first kappa shape index (κ1) is 18.0. The van der Waals surface area contributed by atoms with Crippen LogP contribution in [0.3, 0.4) is 0 Å². The number of hydrogen-bond donors (Lipinski definition) is 1. The van der Waals surface area contributed by atoms with Gasteiger partial charge >= 0.3 is 0 Å². The van der Waals surface area contributed by atoms with Gasteiger partial charge in [0, 0.05) is 35.6 Å². The molecule has 0 saturated carbocycles. The fourth-order valence-corrected chi connectivity index (χ4v) is 3.51. The zero-order valence-corrected chi connectivity index (χ0v) is 15.9. The summed E-state index contributed by atoms with van der Waals surface area (Å²) in [5, 5.41) is 8.09. The zero-order valence-electron chi connectivity index (χ0n) is 15.9. The number of anilines is 1. The lowest BCUT2D eigenvalue weighted by molar-refractivity contribution is 0.585. The number of nitrogens with zero attached hydrogens (tertiary/aromatic N) is 5. The van der Waals surface area contributed by atoms with Gasteiger partial charge in [-0.15, -0.1) is 5.10 Å².